The van der Waals surface area contributed by atoms with Crippen LogP contribution in [0.1, 0.15) is 27.2 Å². The molecule has 0 fully saturated rings. The number of ether oxygens (including phenoxy) is 1. The van der Waals surface area contributed by atoms with Crippen LogP contribution in [-0.2, 0) is 4.74 Å². The van der Waals surface area contributed by atoms with Gasteiger partial charge in [-0.25, -0.2) is 0 Å². The lowest BCUT2D eigenvalue weighted by molar-refractivity contribution is 0.00980. The van der Waals surface area contributed by atoms with Crippen molar-refractivity contribution in [3.05, 3.63) is 11.6 Å². The first-order valence-corrected chi connectivity index (χ1v) is 4.60. The van der Waals surface area contributed by atoms with E-state index >= 15 is 0 Å². The van der Waals surface area contributed by atoms with Crippen LogP contribution < -0.4 is 5.32 Å². The van der Waals surface area contributed by atoms with Gasteiger partial charge in [-0.05, 0) is 39.3 Å². The van der Waals surface area contributed by atoms with Crippen molar-refractivity contribution in [3.8, 4) is 0 Å². The van der Waals surface area contributed by atoms with Crippen LogP contribution in [0.25, 0.3) is 0 Å². The molecule has 0 amide bonds. The molecule has 0 aromatic carbocycles. The summed E-state index contributed by atoms with van der Waals surface area (Å²) in [5, 5.41) is 3.28. The summed E-state index contributed by atoms with van der Waals surface area (Å²) in [6.45, 7) is 9.17. The zero-order valence-electron chi connectivity index (χ0n) is 8.31. The zero-order chi connectivity index (χ0) is 9.03. The summed E-state index contributed by atoms with van der Waals surface area (Å²) < 4.78 is 5.67. The molecule has 0 atom stereocenters. The number of hydrogen-bond donors (Lipinski definition) is 1. The highest BCUT2D eigenvalue weighted by Gasteiger charge is 2.11. The van der Waals surface area contributed by atoms with E-state index in [-0.39, 0.29) is 5.60 Å². The van der Waals surface area contributed by atoms with Crippen molar-refractivity contribution < 1.29 is 4.74 Å². The molecule has 12 heavy (non-hydrogen) atoms. The van der Waals surface area contributed by atoms with Crippen molar-refractivity contribution in [2.45, 2.75) is 32.8 Å². The summed E-state index contributed by atoms with van der Waals surface area (Å²) in [7, 11) is 0. The van der Waals surface area contributed by atoms with E-state index in [1.165, 1.54) is 5.57 Å². The van der Waals surface area contributed by atoms with Gasteiger partial charge in [0.2, 0.25) is 0 Å². The minimum atomic E-state index is -0.00822. The first-order valence-electron chi connectivity index (χ1n) is 4.60. The number of nitrogens with one attached hydrogen (secondary N) is 1. The maximum absolute atomic E-state index is 5.67. The fourth-order valence-corrected chi connectivity index (χ4v) is 1.11. The molecule has 1 aliphatic rings. The molecule has 2 nitrogen and oxygen atoms in total. The van der Waals surface area contributed by atoms with Crippen molar-refractivity contribution >= 4 is 0 Å². The normalized spacial score (nSPS) is 19.1. The quantitative estimate of drug-likeness (QED) is 0.635. The summed E-state index contributed by atoms with van der Waals surface area (Å²) in [5.74, 6) is 0. The molecule has 0 aliphatic carbocycles. The molecule has 0 aromatic rings. The highest BCUT2D eigenvalue weighted by molar-refractivity contribution is 5.07. The lowest BCUT2D eigenvalue weighted by Gasteiger charge is -2.22. The van der Waals surface area contributed by atoms with Gasteiger partial charge in [0.05, 0.1) is 12.2 Å². The Morgan fingerprint density at radius 3 is 2.75 bits per heavy atom. The second-order valence-electron chi connectivity index (χ2n) is 4.22. The Labute approximate surface area is 75.0 Å². The van der Waals surface area contributed by atoms with Crippen LogP contribution in [0.3, 0.4) is 0 Å². The Bertz CT molecular complexity index is 167. The number of hydrogen-bond acceptors (Lipinski definition) is 2. The van der Waals surface area contributed by atoms with Gasteiger partial charge in [-0.1, -0.05) is 6.08 Å². The van der Waals surface area contributed by atoms with Crippen molar-refractivity contribution in [1.29, 1.82) is 0 Å². The first-order chi connectivity index (χ1) is 5.58. The lowest BCUT2D eigenvalue weighted by atomic mass is 10.1. The Morgan fingerprint density at radius 1 is 1.50 bits per heavy atom. The summed E-state index contributed by atoms with van der Waals surface area (Å²) in [5.41, 5.74) is 1.43. The Kier molecular flexibility index (Phi) is 3.29. The molecule has 1 aliphatic heterocycles. The van der Waals surface area contributed by atoms with Gasteiger partial charge >= 0.3 is 0 Å². The third-order valence-electron chi connectivity index (χ3n) is 1.85. The van der Waals surface area contributed by atoms with Crippen LogP contribution in [0, 0.1) is 0 Å². The van der Waals surface area contributed by atoms with Gasteiger partial charge in [0.25, 0.3) is 0 Å². The minimum absolute atomic E-state index is 0.00822. The average molecular weight is 169 g/mol. The molecule has 1 heterocycles. The fourth-order valence-electron chi connectivity index (χ4n) is 1.11. The SMILES string of the molecule is CC(C)(C)OCC1=CCNCC1. The van der Waals surface area contributed by atoms with E-state index in [0.717, 1.165) is 26.1 Å². The maximum atomic E-state index is 5.67. The van der Waals surface area contributed by atoms with Crippen molar-refractivity contribution in [2.75, 3.05) is 19.7 Å². The summed E-state index contributed by atoms with van der Waals surface area (Å²) >= 11 is 0. The third-order valence-corrected chi connectivity index (χ3v) is 1.85. The van der Waals surface area contributed by atoms with Gasteiger partial charge in [-0.2, -0.15) is 0 Å². The molecule has 0 radical (unpaired) electrons. The van der Waals surface area contributed by atoms with Gasteiger partial charge in [-0.15, -0.1) is 0 Å². The van der Waals surface area contributed by atoms with E-state index < -0.39 is 0 Å². The van der Waals surface area contributed by atoms with E-state index in [2.05, 4.69) is 32.2 Å². The van der Waals surface area contributed by atoms with Crippen LogP contribution in [0.2, 0.25) is 0 Å². The molecular formula is C10H19NO. The minimum Gasteiger partial charge on any atom is -0.372 e. The van der Waals surface area contributed by atoms with E-state index in [4.69, 9.17) is 4.74 Å². The van der Waals surface area contributed by atoms with Crippen LogP contribution in [0.4, 0.5) is 0 Å². The topological polar surface area (TPSA) is 21.3 Å². The fraction of sp³-hybridized carbons (Fsp3) is 0.800. The molecule has 1 rings (SSSR count). The highest BCUT2D eigenvalue weighted by Crippen LogP contribution is 2.11. The van der Waals surface area contributed by atoms with E-state index in [1.807, 2.05) is 0 Å². The Morgan fingerprint density at radius 2 is 2.25 bits per heavy atom. The second-order valence-corrected chi connectivity index (χ2v) is 4.22. The molecule has 0 saturated carbocycles. The van der Waals surface area contributed by atoms with E-state index in [1.54, 1.807) is 0 Å². The molecule has 0 bridgehead atoms. The van der Waals surface area contributed by atoms with Crippen molar-refractivity contribution in [3.63, 3.8) is 0 Å². The molecule has 0 saturated heterocycles. The van der Waals surface area contributed by atoms with Gasteiger partial charge in [0.1, 0.15) is 0 Å². The van der Waals surface area contributed by atoms with Gasteiger partial charge in [0.15, 0.2) is 0 Å². The zero-order valence-corrected chi connectivity index (χ0v) is 8.31. The monoisotopic (exact) mass is 169 g/mol. The predicted octanol–water partition coefficient (Wildman–Crippen LogP) is 1.72. The summed E-state index contributed by atoms with van der Waals surface area (Å²) in [6, 6.07) is 0. The van der Waals surface area contributed by atoms with Crippen molar-refractivity contribution in [1.82, 2.24) is 5.32 Å². The molecule has 1 N–H and O–H groups in total. The van der Waals surface area contributed by atoms with Crippen LogP contribution in [0.5, 0.6) is 0 Å². The molecule has 2 heteroatoms. The van der Waals surface area contributed by atoms with Crippen LogP contribution >= 0.6 is 0 Å². The first kappa shape index (κ1) is 9.75. The van der Waals surface area contributed by atoms with Crippen molar-refractivity contribution in [2.24, 2.45) is 0 Å². The number of rotatable bonds is 2. The van der Waals surface area contributed by atoms with E-state index in [0.29, 0.717) is 0 Å². The molecule has 0 unspecified atom stereocenters. The van der Waals surface area contributed by atoms with Gasteiger partial charge in [-0.3, -0.25) is 0 Å². The maximum Gasteiger partial charge on any atom is 0.0684 e. The Hall–Kier alpha value is -0.340. The summed E-state index contributed by atoms with van der Waals surface area (Å²) in [6.07, 6.45) is 3.37. The smallest absolute Gasteiger partial charge is 0.0684 e. The lowest BCUT2D eigenvalue weighted by Crippen LogP contribution is -2.25. The van der Waals surface area contributed by atoms with Crippen LogP contribution in [-0.4, -0.2) is 25.3 Å². The Balaban J connectivity index is 2.26. The van der Waals surface area contributed by atoms with Gasteiger partial charge < -0.3 is 10.1 Å². The molecular weight excluding hydrogens is 150 g/mol. The van der Waals surface area contributed by atoms with Crippen LogP contribution in [0.15, 0.2) is 11.6 Å². The summed E-state index contributed by atoms with van der Waals surface area (Å²) in [4.78, 5) is 0. The standard InChI is InChI=1S/C10H19NO/c1-10(2,3)12-8-9-4-6-11-7-5-9/h4,11H,5-8H2,1-3H3. The molecule has 70 valence electrons. The predicted molar refractivity (Wildman–Crippen MR) is 51.3 cm³/mol. The average Bonchev–Trinajstić information content (AvgIpc) is 2.02. The second kappa shape index (κ2) is 4.06. The third kappa shape index (κ3) is 3.88. The van der Waals surface area contributed by atoms with Gasteiger partial charge in [0, 0.05) is 6.54 Å². The molecule has 0 aromatic heterocycles. The van der Waals surface area contributed by atoms with E-state index in [9.17, 15) is 0 Å². The largest absolute Gasteiger partial charge is 0.372 e. The highest BCUT2D eigenvalue weighted by atomic mass is 16.5. The molecule has 0 spiro atoms.